The minimum Gasteiger partial charge on any atom is -0.353 e. The average molecular weight is 244 g/mol. The van der Waals surface area contributed by atoms with Gasteiger partial charge in [0, 0.05) is 23.5 Å². The first kappa shape index (κ1) is 12.1. The van der Waals surface area contributed by atoms with E-state index >= 15 is 0 Å². The van der Waals surface area contributed by atoms with Gasteiger partial charge in [0.1, 0.15) is 0 Å². The largest absolute Gasteiger partial charge is 0.353 e. The zero-order chi connectivity index (χ0) is 11.3. The summed E-state index contributed by atoms with van der Waals surface area (Å²) in [5, 5.41) is 3.85. The van der Waals surface area contributed by atoms with Gasteiger partial charge in [-0.2, -0.15) is 0 Å². The number of hydrogen-bond acceptors (Lipinski definition) is 1. The van der Waals surface area contributed by atoms with Crippen LogP contribution < -0.4 is 5.32 Å². The summed E-state index contributed by atoms with van der Waals surface area (Å²) in [6.45, 7) is 1.98. The average Bonchev–Trinajstić information content (AvgIpc) is 2.10. The summed E-state index contributed by atoms with van der Waals surface area (Å²) in [6, 6.07) is 5.28. The smallest absolute Gasteiger partial charge is 0.217 e. The molecule has 80 valence electrons. The van der Waals surface area contributed by atoms with Crippen LogP contribution in [0.1, 0.15) is 12.5 Å². The third-order valence-electron chi connectivity index (χ3n) is 1.66. The van der Waals surface area contributed by atoms with Crippen LogP contribution in [0.5, 0.6) is 0 Å². The fourth-order valence-corrected chi connectivity index (χ4v) is 1.61. The van der Waals surface area contributed by atoms with E-state index in [4.69, 9.17) is 23.2 Å². The lowest BCUT2D eigenvalue weighted by Crippen LogP contribution is -2.19. The Morgan fingerprint density at radius 3 is 2.47 bits per heavy atom. The van der Waals surface area contributed by atoms with Crippen molar-refractivity contribution < 1.29 is 4.79 Å². The molecule has 1 rings (SSSR count). The molecule has 0 aliphatic heterocycles. The van der Waals surface area contributed by atoms with Crippen molar-refractivity contribution >= 4 is 35.2 Å². The number of carbonyl (C=O) groups is 1. The highest BCUT2D eigenvalue weighted by molar-refractivity contribution is 6.34. The summed E-state index contributed by atoms with van der Waals surface area (Å²) in [5.74, 6) is -0.0521. The second kappa shape index (κ2) is 5.79. The highest BCUT2D eigenvalue weighted by atomic mass is 35.5. The first-order chi connectivity index (χ1) is 7.08. The van der Waals surface area contributed by atoms with Crippen molar-refractivity contribution in [3.8, 4) is 0 Å². The number of hydrogen-bond donors (Lipinski definition) is 1. The van der Waals surface area contributed by atoms with Crippen LogP contribution >= 0.6 is 23.2 Å². The lowest BCUT2D eigenvalue weighted by atomic mass is 10.2. The quantitative estimate of drug-likeness (QED) is 0.869. The van der Waals surface area contributed by atoms with Gasteiger partial charge in [0.2, 0.25) is 5.91 Å². The van der Waals surface area contributed by atoms with Crippen LogP contribution in [0.4, 0.5) is 0 Å². The Kier molecular flexibility index (Phi) is 4.66. The third-order valence-corrected chi connectivity index (χ3v) is 2.10. The van der Waals surface area contributed by atoms with Crippen LogP contribution in [-0.4, -0.2) is 12.5 Å². The van der Waals surface area contributed by atoms with Crippen molar-refractivity contribution in [3.05, 3.63) is 39.9 Å². The van der Waals surface area contributed by atoms with E-state index < -0.39 is 0 Å². The molecule has 1 aromatic rings. The predicted molar refractivity (Wildman–Crippen MR) is 64.2 cm³/mol. The Hall–Kier alpha value is -0.990. The Balaban J connectivity index is 2.60. The molecule has 0 aliphatic rings. The zero-order valence-corrected chi connectivity index (χ0v) is 9.77. The lowest BCUT2D eigenvalue weighted by molar-refractivity contribution is -0.118. The molecule has 0 saturated carbocycles. The number of nitrogens with one attached hydrogen (secondary N) is 1. The monoisotopic (exact) mass is 243 g/mol. The van der Waals surface area contributed by atoms with Crippen molar-refractivity contribution in [2.45, 2.75) is 6.92 Å². The Bertz CT molecular complexity index is 368. The first-order valence-electron chi connectivity index (χ1n) is 4.45. The minimum atomic E-state index is -0.0521. The van der Waals surface area contributed by atoms with Gasteiger partial charge in [-0.05, 0) is 23.8 Å². The Morgan fingerprint density at radius 2 is 1.93 bits per heavy atom. The van der Waals surface area contributed by atoms with Crippen molar-refractivity contribution in [2.75, 3.05) is 6.54 Å². The van der Waals surface area contributed by atoms with Crippen LogP contribution in [0.2, 0.25) is 10.0 Å². The minimum absolute atomic E-state index is 0.0521. The van der Waals surface area contributed by atoms with Crippen LogP contribution in [0, 0.1) is 0 Å². The van der Waals surface area contributed by atoms with E-state index in [1.54, 1.807) is 18.2 Å². The summed E-state index contributed by atoms with van der Waals surface area (Å²) >= 11 is 11.7. The van der Waals surface area contributed by atoms with Crippen LogP contribution in [0.3, 0.4) is 0 Å². The lowest BCUT2D eigenvalue weighted by Gasteiger charge is -1.98. The number of amides is 1. The summed E-state index contributed by atoms with van der Waals surface area (Å²) in [4.78, 5) is 10.6. The molecule has 0 spiro atoms. The van der Waals surface area contributed by atoms with Crippen molar-refractivity contribution in [2.24, 2.45) is 0 Å². The normalized spacial score (nSPS) is 10.6. The fourth-order valence-electron chi connectivity index (χ4n) is 1.07. The van der Waals surface area contributed by atoms with Gasteiger partial charge in [-0.25, -0.2) is 0 Å². The molecule has 1 amide bonds. The standard InChI is InChI=1S/C11H11Cl2NO/c1-8(15)14-4-2-3-9-5-10(12)7-11(13)6-9/h2-3,5-7H,4H2,1H3,(H,14,15). The van der Waals surface area contributed by atoms with Gasteiger partial charge in [0.15, 0.2) is 0 Å². The highest BCUT2D eigenvalue weighted by Crippen LogP contribution is 2.19. The molecule has 0 aliphatic carbocycles. The highest BCUT2D eigenvalue weighted by Gasteiger charge is 1.94. The summed E-state index contributed by atoms with van der Waals surface area (Å²) in [7, 11) is 0. The SMILES string of the molecule is CC(=O)NCC=Cc1cc(Cl)cc(Cl)c1. The molecule has 0 heterocycles. The van der Waals surface area contributed by atoms with Crippen molar-refractivity contribution in [3.63, 3.8) is 0 Å². The maximum atomic E-state index is 10.6. The summed E-state index contributed by atoms with van der Waals surface area (Å²) in [6.07, 6.45) is 3.69. The molecule has 0 radical (unpaired) electrons. The maximum Gasteiger partial charge on any atom is 0.217 e. The summed E-state index contributed by atoms with van der Waals surface area (Å²) in [5.41, 5.74) is 0.915. The number of rotatable bonds is 3. The second-order valence-electron chi connectivity index (χ2n) is 3.04. The molecule has 15 heavy (non-hydrogen) atoms. The van der Waals surface area contributed by atoms with Gasteiger partial charge in [0.05, 0.1) is 0 Å². The van der Waals surface area contributed by atoms with Gasteiger partial charge >= 0.3 is 0 Å². The van der Waals surface area contributed by atoms with Gasteiger partial charge in [-0.1, -0.05) is 35.4 Å². The fraction of sp³-hybridized carbons (Fsp3) is 0.182. The number of carbonyl (C=O) groups excluding carboxylic acids is 1. The van der Waals surface area contributed by atoms with Crippen LogP contribution in [0.15, 0.2) is 24.3 Å². The van der Waals surface area contributed by atoms with Crippen LogP contribution in [-0.2, 0) is 4.79 Å². The van der Waals surface area contributed by atoms with Gasteiger partial charge in [-0.3, -0.25) is 4.79 Å². The maximum absolute atomic E-state index is 10.6. The van der Waals surface area contributed by atoms with Gasteiger partial charge in [-0.15, -0.1) is 0 Å². The third kappa shape index (κ3) is 4.86. The van der Waals surface area contributed by atoms with Crippen molar-refractivity contribution in [1.29, 1.82) is 0 Å². The van der Waals surface area contributed by atoms with E-state index in [1.807, 2.05) is 12.2 Å². The molecular formula is C11H11Cl2NO. The Labute approximate surface area is 98.9 Å². The number of benzene rings is 1. The second-order valence-corrected chi connectivity index (χ2v) is 3.92. The molecule has 1 aromatic carbocycles. The molecule has 0 unspecified atom stereocenters. The molecule has 0 fully saturated rings. The molecule has 0 aromatic heterocycles. The van der Waals surface area contributed by atoms with E-state index in [9.17, 15) is 4.79 Å². The molecule has 0 saturated heterocycles. The Morgan fingerprint density at radius 1 is 1.33 bits per heavy atom. The molecular weight excluding hydrogens is 233 g/mol. The van der Waals surface area contributed by atoms with Gasteiger partial charge in [0.25, 0.3) is 0 Å². The van der Waals surface area contributed by atoms with E-state index in [0.29, 0.717) is 16.6 Å². The number of halogens is 2. The van der Waals surface area contributed by atoms with E-state index in [1.165, 1.54) is 6.92 Å². The van der Waals surface area contributed by atoms with Gasteiger partial charge < -0.3 is 5.32 Å². The summed E-state index contributed by atoms with van der Waals surface area (Å²) < 4.78 is 0. The van der Waals surface area contributed by atoms with Crippen LogP contribution in [0.25, 0.3) is 6.08 Å². The van der Waals surface area contributed by atoms with E-state index in [2.05, 4.69) is 5.32 Å². The molecule has 0 bridgehead atoms. The van der Waals surface area contributed by atoms with E-state index in [0.717, 1.165) is 5.56 Å². The molecule has 4 heteroatoms. The zero-order valence-electron chi connectivity index (χ0n) is 8.26. The van der Waals surface area contributed by atoms with E-state index in [-0.39, 0.29) is 5.91 Å². The van der Waals surface area contributed by atoms with Crippen molar-refractivity contribution in [1.82, 2.24) is 5.32 Å². The first-order valence-corrected chi connectivity index (χ1v) is 5.20. The molecule has 2 nitrogen and oxygen atoms in total. The predicted octanol–water partition coefficient (Wildman–Crippen LogP) is 3.14. The molecule has 0 atom stereocenters. The molecule has 1 N–H and O–H groups in total. The topological polar surface area (TPSA) is 29.1 Å².